The molecule has 3 amide bonds. The molecule has 3 N–H and O–H groups in total. The van der Waals surface area contributed by atoms with E-state index >= 15 is 0 Å². The smallest absolute Gasteiger partial charge is 0.294 e. The number of thioether (sulfide) groups is 1. The zero-order chi connectivity index (χ0) is 25.4. The van der Waals surface area contributed by atoms with Gasteiger partial charge in [0.1, 0.15) is 6.54 Å². The van der Waals surface area contributed by atoms with Crippen LogP contribution in [0.3, 0.4) is 0 Å². The summed E-state index contributed by atoms with van der Waals surface area (Å²) in [6, 6.07) is 23.0. The summed E-state index contributed by atoms with van der Waals surface area (Å²) in [7, 11) is -3.86. The van der Waals surface area contributed by atoms with Crippen molar-refractivity contribution in [1.82, 2.24) is 4.90 Å². The summed E-state index contributed by atoms with van der Waals surface area (Å²) in [5, 5.41) is 11.0. The van der Waals surface area contributed by atoms with Crippen LogP contribution in [0.5, 0.6) is 0 Å². The minimum absolute atomic E-state index is 0.0995. The second-order valence-corrected chi connectivity index (χ2v) is 10.7. The number of nitrogens with two attached hydrogens (primary N) is 1. The van der Waals surface area contributed by atoms with Gasteiger partial charge in [-0.05, 0) is 75.3 Å². The van der Waals surface area contributed by atoms with Gasteiger partial charge in [0.2, 0.25) is 15.9 Å². The van der Waals surface area contributed by atoms with Gasteiger partial charge in [-0.2, -0.15) is 0 Å². The molecule has 0 aromatic heterocycles. The largest absolute Gasteiger partial charge is 0.325 e. The molecular weight excluding hydrogens is 498 g/mol. The Hall–Kier alpha value is -3.99. The number of carbonyl (C=O) groups excluding carboxylic acids is 3. The number of hydrogen-bond donors (Lipinski definition) is 2. The molecule has 10 heteroatoms. The Labute approximate surface area is 210 Å². The molecule has 0 radical (unpaired) electrons. The van der Waals surface area contributed by atoms with Crippen molar-refractivity contribution in [1.29, 1.82) is 0 Å². The van der Waals surface area contributed by atoms with Crippen LogP contribution in [0.25, 0.3) is 27.6 Å². The molecular formula is C26H19N3O5S2. The van der Waals surface area contributed by atoms with E-state index in [0.29, 0.717) is 5.69 Å². The van der Waals surface area contributed by atoms with Gasteiger partial charge in [-0.15, -0.1) is 0 Å². The summed E-state index contributed by atoms with van der Waals surface area (Å²) in [5.74, 6) is -1.15. The molecule has 36 heavy (non-hydrogen) atoms. The zero-order valence-corrected chi connectivity index (χ0v) is 20.3. The molecule has 0 bridgehead atoms. The number of anilines is 1. The summed E-state index contributed by atoms with van der Waals surface area (Å²) in [6.07, 6.45) is 1.71. The SMILES string of the molecule is NS(=O)(=O)c1ccc(NC(=O)CN2C(=O)S/C(=C\c3c4ccccc4cc4ccccc34)C2=O)cc1. The molecule has 1 heterocycles. The molecule has 0 spiro atoms. The highest BCUT2D eigenvalue weighted by Crippen LogP contribution is 2.36. The zero-order valence-electron chi connectivity index (χ0n) is 18.7. The number of imide groups is 1. The molecule has 1 aliphatic rings. The van der Waals surface area contributed by atoms with Crippen molar-refractivity contribution in [2.24, 2.45) is 5.14 Å². The summed E-state index contributed by atoms with van der Waals surface area (Å²) in [6.45, 7) is -0.477. The van der Waals surface area contributed by atoms with Gasteiger partial charge in [-0.1, -0.05) is 48.5 Å². The third-order valence-electron chi connectivity index (χ3n) is 5.73. The van der Waals surface area contributed by atoms with Crippen molar-refractivity contribution >= 4 is 72.1 Å². The van der Waals surface area contributed by atoms with E-state index in [1.807, 2.05) is 48.5 Å². The van der Waals surface area contributed by atoms with Crippen molar-refractivity contribution in [3.63, 3.8) is 0 Å². The molecule has 5 rings (SSSR count). The first kappa shape index (κ1) is 23.7. The first-order chi connectivity index (χ1) is 17.2. The van der Waals surface area contributed by atoms with Gasteiger partial charge in [-0.3, -0.25) is 19.3 Å². The molecule has 0 atom stereocenters. The van der Waals surface area contributed by atoms with E-state index in [2.05, 4.69) is 11.4 Å². The van der Waals surface area contributed by atoms with Crippen molar-refractivity contribution in [3.05, 3.63) is 89.3 Å². The molecule has 0 aliphatic carbocycles. The quantitative estimate of drug-likeness (QED) is 0.300. The number of amides is 3. The summed E-state index contributed by atoms with van der Waals surface area (Å²) >= 11 is 0.785. The number of carbonyl (C=O) groups is 3. The van der Waals surface area contributed by atoms with E-state index in [0.717, 1.165) is 43.8 Å². The van der Waals surface area contributed by atoms with E-state index in [-0.39, 0.29) is 9.80 Å². The molecule has 1 fully saturated rings. The van der Waals surface area contributed by atoms with E-state index in [1.54, 1.807) is 6.08 Å². The van der Waals surface area contributed by atoms with E-state index in [4.69, 9.17) is 5.14 Å². The number of rotatable bonds is 5. The van der Waals surface area contributed by atoms with E-state index in [1.165, 1.54) is 24.3 Å². The predicted octanol–water partition coefficient (Wildman–Crippen LogP) is 4.32. The lowest BCUT2D eigenvalue weighted by Crippen LogP contribution is -2.36. The molecule has 8 nitrogen and oxygen atoms in total. The lowest BCUT2D eigenvalue weighted by atomic mass is 9.96. The number of hydrogen-bond acceptors (Lipinski definition) is 6. The highest BCUT2D eigenvalue weighted by Gasteiger charge is 2.36. The first-order valence-electron chi connectivity index (χ1n) is 10.8. The second-order valence-electron chi connectivity index (χ2n) is 8.12. The van der Waals surface area contributed by atoms with Crippen molar-refractivity contribution < 1.29 is 22.8 Å². The Kier molecular flexibility index (Phi) is 6.09. The lowest BCUT2D eigenvalue weighted by molar-refractivity contribution is -0.127. The molecule has 1 aliphatic heterocycles. The maximum atomic E-state index is 13.1. The topological polar surface area (TPSA) is 127 Å². The van der Waals surface area contributed by atoms with Crippen LogP contribution in [-0.4, -0.2) is 36.9 Å². The maximum Gasteiger partial charge on any atom is 0.294 e. The molecule has 4 aromatic carbocycles. The van der Waals surface area contributed by atoms with Crippen LogP contribution in [0.1, 0.15) is 5.56 Å². The van der Waals surface area contributed by atoms with Gasteiger partial charge < -0.3 is 5.32 Å². The number of sulfonamides is 1. The average molecular weight is 518 g/mol. The van der Waals surface area contributed by atoms with Crippen LogP contribution in [0.15, 0.2) is 88.7 Å². The minimum Gasteiger partial charge on any atom is -0.325 e. The van der Waals surface area contributed by atoms with Crippen LogP contribution >= 0.6 is 11.8 Å². The van der Waals surface area contributed by atoms with Crippen LogP contribution in [-0.2, 0) is 19.6 Å². The van der Waals surface area contributed by atoms with E-state index < -0.39 is 33.6 Å². The average Bonchev–Trinajstić information content (AvgIpc) is 3.11. The van der Waals surface area contributed by atoms with E-state index in [9.17, 15) is 22.8 Å². The molecule has 4 aromatic rings. The highest BCUT2D eigenvalue weighted by molar-refractivity contribution is 8.18. The Balaban J connectivity index is 1.40. The second kappa shape index (κ2) is 9.23. The first-order valence-corrected chi connectivity index (χ1v) is 13.2. The third-order valence-corrected chi connectivity index (χ3v) is 7.57. The van der Waals surface area contributed by atoms with Crippen LogP contribution in [0, 0.1) is 0 Å². The number of primary sulfonamides is 1. The predicted molar refractivity (Wildman–Crippen MR) is 141 cm³/mol. The van der Waals surface area contributed by atoms with Crippen molar-refractivity contribution in [2.75, 3.05) is 11.9 Å². The summed E-state index contributed by atoms with van der Waals surface area (Å²) in [4.78, 5) is 39.3. The van der Waals surface area contributed by atoms with Gasteiger partial charge >= 0.3 is 0 Å². The fourth-order valence-corrected chi connectivity index (χ4v) is 5.38. The maximum absolute atomic E-state index is 13.1. The van der Waals surface area contributed by atoms with Gasteiger partial charge in [-0.25, -0.2) is 13.6 Å². The van der Waals surface area contributed by atoms with Gasteiger partial charge in [0.25, 0.3) is 11.1 Å². The van der Waals surface area contributed by atoms with Crippen molar-refractivity contribution in [3.8, 4) is 0 Å². The lowest BCUT2D eigenvalue weighted by Gasteiger charge is -2.13. The molecule has 1 saturated heterocycles. The third kappa shape index (κ3) is 4.61. The normalized spacial score (nSPS) is 15.2. The minimum atomic E-state index is -3.86. The monoisotopic (exact) mass is 517 g/mol. The highest BCUT2D eigenvalue weighted by atomic mass is 32.2. The summed E-state index contributed by atoms with van der Waals surface area (Å²) < 4.78 is 22.8. The van der Waals surface area contributed by atoms with Gasteiger partial charge in [0.05, 0.1) is 9.80 Å². The molecule has 0 unspecified atom stereocenters. The fourth-order valence-electron chi connectivity index (χ4n) is 4.04. The number of nitrogens with zero attached hydrogens (tertiary/aromatic N) is 1. The molecule has 0 saturated carbocycles. The van der Waals surface area contributed by atoms with Crippen molar-refractivity contribution in [2.45, 2.75) is 4.90 Å². The Morgan fingerprint density at radius 3 is 2.08 bits per heavy atom. The number of nitrogens with one attached hydrogen (secondary N) is 1. The van der Waals surface area contributed by atoms with Gasteiger partial charge in [0, 0.05) is 5.69 Å². The standard InChI is InChI=1S/C26H19N3O5S2/c27-36(33,34)19-11-9-18(10-12-19)28-24(30)15-29-25(31)23(35-26(29)32)14-22-20-7-3-1-5-16(20)13-17-6-2-4-8-21(17)22/h1-14H,15H2,(H,28,30)(H2,27,33,34)/b23-14-. The number of benzene rings is 4. The Morgan fingerprint density at radius 2 is 1.50 bits per heavy atom. The van der Waals surface area contributed by atoms with Gasteiger partial charge in [0.15, 0.2) is 0 Å². The number of fused-ring (bicyclic) bond motifs is 2. The summed E-state index contributed by atoms with van der Waals surface area (Å²) in [5.41, 5.74) is 1.13. The van der Waals surface area contributed by atoms with Crippen LogP contribution in [0.2, 0.25) is 0 Å². The van der Waals surface area contributed by atoms with Crippen LogP contribution < -0.4 is 10.5 Å². The van der Waals surface area contributed by atoms with Crippen LogP contribution in [0.4, 0.5) is 10.5 Å². The molecule has 180 valence electrons. The Morgan fingerprint density at radius 1 is 0.917 bits per heavy atom. The fraction of sp³-hybridized carbons (Fsp3) is 0.0385. The Bertz CT molecular complexity index is 1640.